The Hall–Kier alpha value is -0.473. The molecule has 2 atom stereocenters. The molecule has 1 heterocycles. The van der Waals surface area contributed by atoms with Crippen molar-refractivity contribution in [3.8, 4) is 0 Å². The second kappa shape index (κ2) is 7.96. The van der Waals surface area contributed by atoms with E-state index in [9.17, 15) is 9.90 Å². The highest BCUT2D eigenvalue weighted by Crippen LogP contribution is 2.25. The molecule has 0 aromatic carbocycles. The second-order valence-electron chi connectivity index (χ2n) is 4.48. The van der Waals surface area contributed by atoms with Gasteiger partial charge in [0.1, 0.15) is 0 Å². The molecule has 1 aliphatic rings. The zero-order valence-electron chi connectivity index (χ0n) is 12.0. The molecule has 0 aromatic heterocycles. The molecule has 0 spiro atoms. The molecule has 19 heavy (non-hydrogen) atoms. The first-order valence-corrected chi connectivity index (χ1v) is 8.89. The van der Waals surface area contributed by atoms with Crippen LogP contribution >= 0.6 is 0 Å². The van der Waals surface area contributed by atoms with Crippen molar-refractivity contribution in [1.82, 2.24) is 5.32 Å². The minimum Gasteiger partial charge on any atom is -0.481 e. The van der Waals surface area contributed by atoms with Crippen molar-refractivity contribution in [2.75, 3.05) is 26.4 Å². The van der Waals surface area contributed by atoms with Crippen molar-refractivity contribution in [1.29, 1.82) is 0 Å². The first-order chi connectivity index (χ1) is 9.08. The largest absolute Gasteiger partial charge is 0.500 e. The smallest absolute Gasteiger partial charge is 0.481 e. The van der Waals surface area contributed by atoms with Crippen molar-refractivity contribution in [2.45, 2.75) is 39.3 Å². The SMILES string of the molecule is CCO[Si](CCC(C(=O)O)C1CN1)(OCC)OCC. The molecule has 1 saturated heterocycles. The molecule has 7 heteroatoms. The fraction of sp³-hybridized carbons (Fsp3) is 0.917. The number of hydrogen-bond acceptors (Lipinski definition) is 5. The summed E-state index contributed by atoms with van der Waals surface area (Å²) in [6, 6.07) is 0.645. The van der Waals surface area contributed by atoms with Gasteiger partial charge in [0.05, 0.1) is 5.92 Å². The lowest BCUT2D eigenvalue weighted by molar-refractivity contribution is -0.141. The third kappa shape index (κ3) is 5.19. The molecule has 2 unspecified atom stereocenters. The standard InChI is InChI=1S/C12H25NO5Si/c1-4-16-19(17-5-2,18-6-3)8-7-10(12(14)15)11-9-13-11/h10-11,13H,4-9H2,1-3H3,(H,14,15). The van der Waals surface area contributed by atoms with Gasteiger partial charge in [-0.25, -0.2) is 0 Å². The van der Waals surface area contributed by atoms with Gasteiger partial charge in [-0.1, -0.05) is 0 Å². The molecule has 1 fully saturated rings. The summed E-state index contributed by atoms with van der Waals surface area (Å²) in [5.41, 5.74) is 0. The number of nitrogens with one attached hydrogen (secondary N) is 1. The number of hydrogen-bond donors (Lipinski definition) is 2. The van der Waals surface area contributed by atoms with Crippen molar-refractivity contribution < 1.29 is 23.2 Å². The van der Waals surface area contributed by atoms with Gasteiger partial charge in [0, 0.05) is 38.5 Å². The van der Waals surface area contributed by atoms with E-state index in [0.717, 1.165) is 6.54 Å². The Morgan fingerprint density at radius 1 is 1.26 bits per heavy atom. The Labute approximate surface area is 115 Å². The van der Waals surface area contributed by atoms with Crippen LogP contribution in [0.15, 0.2) is 0 Å². The predicted octanol–water partition coefficient (Wildman–Crippen LogP) is 1.10. The Morgan fingerprint density at radius 3 is 2.05 bits per heavy atom. The van der Waals surface area contributed by atoms with Gasteiger partial charge in [-0.2, -0.15) is 0 Å². The molecule has 0 amide bonds. The molecule has 0 aromatic rings. The van der Waals surface area contributed by atoms with Crippen molar-refractivity contribution in [3.05, 3.63) is 0 Å². The van der Waals surface area contributed by atoms with E-state index in [-0.39, 0.29) is 12.0 Å². The van der Waals surface area contributed by atoms with Crippen LogP contribution in [-0.4, -0.2) is 52.3 Å². The average Bonchev–Trinajstić information content (AvgIpc) is 3.14. The Morgan fingerprint density at radius 2 is 1.74 bits per heavy atom. The van der Waals surface area contributed by atoms with Crippen LogP contribution in [0, 0.1) is 5.92 Å². The molecule has 2 N–H and O–H groups in total. The fourth-order valence-electron chi connectivity index (χ4n) is 2.18. The first kappa shape index (κ1) is 16.6. The minimum atomic E-state index is -2.71. The van der Waals surface area contributed by atoms with E-state index >= 15 is 0 Å². The molecule has 0 aliphatic carbocycles. The average molecular weight is 291 g/mol. The molecular formula is C12H25NO5Si. The number of rotatable bonds is 11. The zero-order valence-corrected chi connectivity index (χ0v) is 13.0. The number of aliphatic carboxylic acids is 1. The van der Waals surface area contributed by atoms with Crippen molar-refractivity contribution >= 4 is 14.8 Å². The van der Waals surface area contributed by atoms with Gasteiger partial charge in [-0.15, -0.1) is 0 Å². The van der Waals surface area contributed by atoms with Gasteiger partial charge >= 0.3 is 14.8 Å². The highest BCUT2D eigenvalue weighted by Gasteiger charge is 2.44. The highest BCUT2D eigenvalue weighted by atomic mass is 28.4. The van der Waals surface area contributed by atoms with Crippen LogP contribution in [0.5, 0.6) is 0 Å². The summed E-state index contributed by atoms with van der Waals surface area (Å²) < 4.78 is 17.2. The lowest BCUT2D eigenvalue weighted by Gasteiger charge is -2.29. The van der Waals surface area contributed by atoms with Crippen LogP contribution < -0.4 is 5.32 Å². The van der Waals surface area contributed by atoms with Crippen LogP contribution in [0.1, 0.15) is 27.2 Å². The maximum absolute atomic E-state index is 11.2. The van der Waals surface area contributed by atoms with E-state index < -0.39 is 14.8 Å². The molecule has 6 nitrogen and oxygen atoms in total. The maximum Gasteiger partial charge on any atom is 0.500 e. The van der Waals surface area contributed by atoms with Crippen LogP contribution in [0.4, 0.5) is 0 Å². The minimum absolute atomic E-state index is 0.0917. The number of carbonyl (C=O) groups is 1. The fourth-order valence-corrected chi connectivity index (χ4v) is 4.85. The molecule has 0 radical (unpaired) electrons. The van der Waals surface area contributed by atoms with Gasteiger partial charge in [-0.05, 0) is 27.2 Å². The van der Waals surface area contributed by atoms with Gasteiger partial charge in [-0.3, -0.25) is 4.79 Å². The molecule has 1 aliphatic heterocycles. The van der Waals surface area contributed by atoms with E-state index in [1.54, 1.807) is 0 Å². The molecule has 112 valence electrons. The van der Waals surface area contributed by atoms with Gasteiger partial charge < -0.3 is 23.7 Å². The summed E-state index contributed by atoms with van der Waals surface area (Å²) in [5, 5.41) is 12.3. The monoisotopic (exact) mass is 291 g/mol. The first-order valence-electron chi connectivity index (χ1n) is 6.96. The normalized spacial score (nSPS) is 20.3. The molecule has 0 bridgehead atoms. The van der Waals surface area contributed by atoms with E-state index in [4.69, 9.17) is 13.3 Å². The third-order valence-electron chi connectivity index (χ3n) is 3.10. The Balaban J connectivity index is 2.60. The molecule has 0 saturated carbocycles. The summed E-state index contributed by atoms with van der Waals surface area (Å²) in [4.78, 5) is 11.2. The predicted molar refractivity (Wildman–Crippen MR) is 73.0 cm³/mol. The van der Waals surface area contributed by atoms with Crippen LogP contribution in [0.3, 0.4) is 0 Å². The van der Waals surface area contributed by atoms with Crippen molar-refractivity contribution in [3.63, 3.8) is 0 Å². The zero-order chi connectivity index (χ0) is 14.3. The van der Waals surface area contributed by atoms with E-state index in [2.05, 4.69) is 5.32 Å². The number of carboxylic acids is 1. The second-order valence-corrected chi connectivity index (χ2v) is 7.21. The lowest BCUT2D eigenvalue weighted by Crippen LogP contribution is -2.46. The van der Waals surface area contributed by atoms with Crippen LogP contribution in [0.2, 0.25) is 6.04 Å². The third-order valence-corrected chi connectivity index (χ3v) is 6.18. The summed E-state index contributed by atoms with van der Waals surface area (Å²) in [7, 11) is -2.71. The summed E-state index contributed by atoms with van der Waals surface area (Å²) in [5.74, 6) is -1.14. The summed E-state index contributed by atoms with van der Waals surface area (Å²) in [6.45, 7) is 8.04. The van der Waals surface area contributed by atoms with E-state index in [0.29, 0.717) is 32.3 Å². The summed E-state index contributed by atoms with van der Waals surface area (Å²) in [6.07, 6.45) is 0.527. The van der Waals surface area contributed by atoms with E-state index in [1.807, 2.05) is 20.8 Å². The molecule has 1 rings (SSSR count). The molecular weight excluding hydrogens is 266 g/mol. The lowest BCUT2D eigenvalue weighted by atomic mass is 10.0. The van der Waals surface area contributed by atoms with Crippen molar-refractivity contribution in [2.24, 2.45) is 5.92 Å². The van der Waals surface area contributed by atoms with Gasteiger partial charge in [0.25, 0.3) is 0 Å². The van der Waals surface area contributed by atoms with E-state index in [1.165, 1.54) is 0 Å². The van der Waals surface area contributed by atoms with Gasteiger partial charge in [0.15, 0.2) is 0 Å². The Bertz CT molecular complexity index is 268. The maximum atomic E-state index is 11.2. The quantitative estimate of drug-likeness (QED) is 0.438. The number of carboxylic acid groups (broad SMARTS) is 1. The summed E-state index contributed by atoms with van der Waals surface area (Å²) >= 11 is 0. The van der Waals surface area contributed by atoms with Gasteiger partial charge in [0.2, 0.25) is 0 Å². The highest BCUT2D eigenvalue weighted by molar-refractivity contribution is 6.60. The topological polar surface area (TPSA) is 86.9 Å². The Kier molecular flexibility index (Phi) is 6.94. The van der Waals surface area contributed by atoms with Crippen LogP contribution in [-0.2, 0) is 18.1 Å². The van der Waals surface area contributed by atoms with Crippen LogP contribution in [0.25, 0.3) is 0 Å².